The number of hydrogen-bond acceptors (Lipinski definition) is 5. The molecule has 5 nitrogen and oxygen atoms in total. The molecule has 0 aromatic carbocycles. The quantitative estimate of drug-likeness (QED) is 0.779. The van der Waals surface area contributed by atoms with Crippen molar-refractivity contribution in [3.8, 4) is 5.75 Å². The maximum absolute atomic E-state index is 8.99. The van der Waals surface area contributed by atoms with E-state index >= 15 is 0 Å². The van der Waals surface area contributed by atoms with Crippen LogP contribution in [-0.4, -0.2) is 34.3 Å². The summed E-state index contributed by atoms with van der Waals surface area (Å²) in [6.45, 7) is 1.81. The molecule has 1 unspecified atom stereocenters. The van der Waals surface area contributed by atoms with Gasteiger partial charge in [-0.15, -0.1) is 0 Å². The third-order valence-electron chi connectivity index (χ3n) is 4.13. The first-order valence-electron chi connectivity index (χ1n) is 8.18. The lowest BCUT2D eigenvalue weighted by atomic mass is 10.1. The van der Waals surface area contributed by atoms with Crippen molar-refractivity contribution in [3.63, 3.8) is 0 Å². The first-order chi connectivity index (χ1) is 11.3. The number of rotatable bonds is 8. The Morgan fingerprint density at radius 2 is 2.04 bits per heavy atom. The minimum atomic E-state index is -0.00484. The lowest BCUT2D eigenvalue weighted by Crippen LogP contribution is -2.46. The second-order valence-electron chi connectivity index (χ2n) is 5.95. The van der Waals surface area contributed by atoms with E-state index in [0.717, 1.165) is 31.6 Å². The van der Waals surface area contributed by atoms with Crippen LogP contribution in [0.25, 0.3) is 0 Å². The number of hydrogen-bond donors (Lipinski definition) is 2. The SMILES string of the molecule is OCc1ccc(CCCc2cncc(OCC3CCN3)c2)cn1. The molecule has 1 aliphatic heterocycles. The molecule has 122 valence electrons. The Morgan fingerprint density at radius 3 is 2.74 bits per heavy atom. The molecule has 0 aliphatic carbocycles. The van der Waals surface area contributed by atoms with Gasteiger partial charge < -0.3 is 15.2 Å². The summed E-state index contributed by atoms with van der Waals surface area (Å²) in [5.74, 6) is 0.852. The zero-order valence-corrected chi connectivity index (χ0v) is 13.2. The summed E-state index contributed by atoms with van der Waals surface area (Å²) in [6.07, 6.45) is 9.69. The summed E-state index contributed by atoms with van der Waals surface area (Å²) in [5.41, 5.74) is 3.10. The highest BCUT2D eigenvalue weighted by atomic mass is 16.5. The standard InChI is InChI=1S/C18H23N3O2/c22-12-16-5-4-14(10-21-16)2-1-3-15-8-18(11-19-9-15)23-13-17-6-7-20-17/h4-5,8-11,17,20,22H,1-3,6-7,12-13H2. The lowest BCUT2D eigenvalue weighted by molar-refractivity contribution is 0.217. The van der Waals surface area contributed by atoms with Crippen molar-refractivity contribution in [2.24, 2.45) is 0 Å². The molecule has 1 fully saturated rings. The summed E-state index contributed by atoms with van der Waals surface area (Å²) >= 11 is 0. The predicted molar refractivity (Wildman–Crippen MR) is 88.3 cm³/mol. The summed E-state index contributed by atoms with van der Waals surface area (Å²) in [6, 6.07) is 6.48. The molecule has 1 saturated heterocycles. The summed E-state index contributed by atoms with van der Waals surface area (Å²) < 4.78 is 5.78. The fraction of sp³-hybridized carbons (Fsp3) is 0.444. The minimum absolute atomic E-state index is 0.00484. The Kier molecular flexibility index (Phi) is 5.56. The third-order valence-corrected chi connectivity index (χ3v) is 4.13. The molecular formula is C18H23N3O2. The van der Waals surface area contributed by atoms with Gasteiger partial charge in [0.05, 0.1) is 18.5 Å². The van der Waals surface area contributed by atoms with Crippen molar-refractivity contribution in [1.29, 1.82) is 0 Å². The van der Waals surface area contributed by atoms with E-state index in [1.165, 1.54) is 17.5 Å². The molecule has 23 heavy (non-hydrogen) atoms. The second kappa shape index (κ2) is 8.04. The van der Waals surface area contributed by atoms with E-state index in [1.807, 2.05) is 24.5 Å². The Morgan fingerprint density at radius 1 is 1.17 bits per heavy atom. The number of aliphatic hydroxyl groups is 1. The second-order valence-corrected chi connectivity index (χ2v) is 5.95. The number of pyridine rings is 2. The zero-order chi connectivity index (χ0) is 15.9. The number of ether oxygens (including phenoxy) is 1. The monoisotopic (exact) mass is 313 g/mol. The average Bonchev–Trinajstić information content (AvgIpc) is 2.54. The van der Waals surface area contributed by atoms with E-state index in [0.29, 0.717) is 18.3 Å². The van der Waals surface area contributed by atoms with Gasteiger partial charge in [-0.25, -0.2) is 0 Å². The van der Waals surface area contributed by atoms with E-state index in [1.54, 1.807) is 6.20 Å². The molecule has 0 spiro atoms. The van der Waals surface area contributed by atoms with Crippen LogP contribution >= 0.6 is 0 Å². The number of nitrogens with zero attached hydrogens (tertiary/aromatic N) is 2. The van der Waals surface area contributed by atoms with Gasteiger partial charge in [0.15, 0.2) is 0 Å². The van der Waals surface area contributed by atoms with Gasteiger partial charge in [-0.05, 0) is 55.5 Å². The molecule has 2 aromatic heterocycles. The molecule has 1 atom stereocenters. The molecule has 0 amide bonds. The Hall–Kier alpha value is -1.98. The molecular weight excluding hydrogens is 290 g/mol. The highest BCUT2D eigenvalue weighted by molar-refractivity contribution is 5.24. The van der Waals surface area contributed by atoms with Crippen LogP contribution in [-0.2, 0) is 19.4 Å². The Balaban J connectivity index is 1.45. The van der Waals surface area contributed by atoms with Gasteiger partial charge in [0.2, 0.25) is 0 Å². The molecule has 0 radical (unpaired) electrons. The van der Waals surface area contributed by atoms with Crippen LogP contribution in [0.5, 0.6) is 5.75 Å². The Bertz CT molecular complexity index is 612. The smallest absolute Gasteiger partial charge is 0.137 e. The van der Waals surface area contributed by atoms with Gasteiger partial charge in [-0.3, -0.25) is 9.97 Å². The van der Waals surface area contributed by atoms with Crippen molar-refractivity contribution < 1.29 is 9.84 Å². The molecule has 0 bridgehead atoms. The van der Waals surface area contributed by atoms with E-state index in [-0.39, 0.29) is 6.61 Å². The van der Waals surface area contributed by atoms with E-state index < -0.39 is 0 Å². The topological polar surface area (TPSA) is 67.3 Å². The van der Waals surface area contributed by atoms with Gasteiger partial charge in [-0.2, -0.15) is 0 Å². The number of nitrogens with one attached hydrogen (secondary N) is 1. The van der Waals surface area contributed by atoms with Crippen molar-refractivity contribution in [1.82, 2.24) is 15.3 Å². The maximum atomic E-state index is 8.99. The largest absolute Gasteiger partial charge is 0.490 e. The first-order valence-corrected chi connectivity index (χ1v) is 8.18. The van der Waals surface area contributed by atoms with E-state index in [4.69, 9.17) is 9.84 Å². The van der Waals surface area contributed by atoms with Gasteiger partial charge >= 0.3 is 0 Å². The van der Waals surface area contributed by atoms with Crippen LogP contribution in [0, 0.1) is 0 Å². The van der Waals surface area contributed by atoms with Crippen molar-refractivity contribution in [2.45, 2.75) is 38.3 Å². The van der Waals surface area contributed by atoms with Gasteiger partial charge in [-0.1, -0.05) is 6.07 Å². The number of aryl methyl sites for hydroxylation is 2. The predicted octanol–water partition coefficient (Wildman–Crippen LogP) is 1.88. The number of aromatic nitrogens is 2. The highest BCUT2D eigenvalue weighted by Crippen LogP contribution is 2.15. The fourth-order valence-electron chi connectivity index (χ4n) is 2.56. The number of aliphatic hydroxyl groups excluding tert-OH is 1. The first kappa shape index (κ1) is 15.9. The molecule has 2 N–H and O–H groups in total. The van der Waals surface area contributed by atoms with Gasteiger partial charge in [0.25, 0.3) is 0 Å². The van der Waals surface area contributed by atoms with E-state index in [9.17, 15) is 0 Å². The van der Waals surface area contributed by atoms with E-state index in [2.05, 4.69) is 21.4 Å². The summed E-state index contributed by atoms with van der Waals surface area (Å²) in [7, 11) is 0. The molecule has 3 heterocycles. The van der Waals surface area contributed by atoms with Crippen molar-refractivity contribution >= 4 is 0 Å². The normalized spacial score (nSPS) is 16.8. The van der Waals surface area contributed by atoms with Crippen LogP contribution in [0.2, 0.25) is 0 Å². The molecule has 3 rings (SSSR count). The summed E-state index contributed by atoms with van der Waals surface area (Å²) in [4.78, 5) is 8.47. The lowest BCUT2D eigenvalue weighted by Gasteiger charge is -2.27. The van der Waals surface area contributed by atoms with Crippen LogP contribution in [0.3, 0.4) is 0 Å². The van der Waals surface area contributed by atoms with Crippen LogP contribution in [0.4, 0.5) is 0 Å². The van der Waals surface area contributed by atoms with Crippen LogP contribution in [0.1, 0.15) is 29.7 Å². The molecule has 5 heteroatoms. The Labute approximate surface area is 136 Å². The highest BCUT2D eigenvalue weighted by Gasteiger charge is 2.16. The van der Waals surface area contributed by atoms with Gasteiger partial charge in [0, 0.05) is 18.4 Å². The molecule has 1 aliphatic rings. The van der Waals surface area contributed by atoms with Crippen molar-refractivity contribution in [2.75, 3.05) is 13.2 Å². The molecule has 0 saturated carbocycles. The average molecular weight is 313 g/mol. The maximum Gasteiger partial charge on any atom is 0.137 e. The third kappa shape index (κ3) is 4.74. The summed E-state index contributed by atoms with van der Waals surface area (Å²) in [5, 5.41) is 12.3. The van der Waals surface area contributed by atoms with Crippen LogP contribution < -0.4 is 10.1 Å². The zero-order valence-electron chi connectivity index (χ0n) is 13.2. The van der Waals surface area contributed by atoms with Crippen molar-refractivity contribution in [3.05, 3.63) is 53.6 Å². The molecule has 2 aromatic rings. The fourth-order valence-corrected chi connectivity index (χ4v) is 2.56. The van der Waals surface area contributed by atoms with Gasteiger partial charge in [0.1, 0.15) is 12.4 Å². The van der Waals surface area contributed by atoms with Crippen LogP contribution in [0.15, 0.2) is 36.8 Å². The minimum Gasteiger partial charge on any atom is -0.490 e.